The molecule has 0 saturated carbocycles. The van der Waals surface area contributed by atoms with E-state index in [-0.39, 0.29) is 0 Å². The van der Waals surface area contributed by atoms with Gasteiger partial charge in [-0.2, -0.15) is 0 Å². The fourth-order valence-electron chi connectivity index (χ4n) is 1.29. The molecule has 0 aliphatic carbocycles. The van der Waals surface area contributed by atoms with Crippen LogP contribution in [0.2, 0.25) is 0 Å². The number of halogens is 2. The molecule has 0 radical (unpaired) electrons. The largest absolute Gasteiger partial charge is 0.376 e. The van der Waals surface area contributed by atoms with Crippen LogP contribution in [-0.4, -0.2) is 19.8 Å². The van der Waals surface area contributed by atoms with E-state index in [1.54, 1.807) is 0 Å². The van der Waals surface area contributed by atoms with Crippen molar-refractivity contribution in [2.75, 3.05) is 19.8 Å². The molecule has 0 aliphatic rings. The first kappa shape index (κ1) is 13.8. The average molecular weight is 241 g/mol. The summed E-state index contributed by atoms with van der Waals surface area (Å²) in [6.45, 7) is 7.51. The van der Waals surface area contributed by atoms with Crippen molar-refractivity contribution >= 4 is 0 Å². The van der Waals surface area contributed by atoms with Gasteiger partial charge in [0.2, 0.25) is 0 Å². The molecule has 0 aliphatic heterocycles. The van der Waals surface area contributed by atoms with Crippen LogP contribution in [0.3, 0.4) is 0 Å². The zero-order valence-corrected chi connectivity index (χ0v) is 9.93. The molecular weight excluding hydrogens is 224 g/mol. The number of hydrogen-bond donors (Lipinski definition) is 1. The van der Waals surface area contributed by atoms with Gasteiger partial charge in [-0.25, -0.2) is 8.78 Å². The van der Waals surface area contributed by atoms with Crippen molar-refractivity contribution in [1.82, 2.24) is 5.32 Å². The van der Waals surface area contributed by atoms with E-state index in [0.717, 1.165) is 17.7 Å². The average Bonchev–Trinajstić information content (AvgIpc) is 2.27. The lowest BCUT2D eigenvalue weighted by atomic mass is 10.2. The molecule has 1 rings (SSSR count). The molecule has 0 bridgehead atoms. The summed E-state index contributed by atoms with van der Waals surface area (Å²) in [6, 6.07) is 3.43. The quantitative estimate of drug-likeness (QED) is 0.585. The van der Waals surface area contributed by atoms with Gasteiger partial charge in [0.1, 0.15) is 11.6 Å². The lowest BCUT2D eigenvalue weighted by Crippen LogP contribution is -2.20. The molecule has 1 N–H and O–H groups in total. The molecule has 0 aromatic heterocycles. The highest BCUT2D eigenvalue weighted by molar-refractivity contribution is 5.18. The number of rotatable bonds is 7. The standard InChI is InChI=1S/C13H17F2NO/c1-10(2)9-17-6-5-16-8-11-7-12(14)3-4-13(11)15/h3-4,7,16H,1,5-6,8-9H2,2H3. The first-order valence-corrected chi connectivity index (χ1v) is 5.46. The molecule has 17 heavy (non-hydrogen) atoms. The second-order valence-electron chi connectivity index (χ2n) is 3.92. The molecule has 4 heteroatoms. The molecule has 0 unspecified atom stereocenters. The van der Waals surface area contributed by atoms with Crippen molar-refractivity contribution in [3.8, 4) is 0 Å². The van der Waals surface area contributed by atoms with E-state index < -0.39 is 11.6 Å². The molecule has 0 saturated heterocycles. The third kappa shape index (κ3) is 5.56. The highest BCUT2D eigenvalue weighted by Gasteiger charge is 2.02. The highest BCUT2D eigenvalue weighted by Crippen LogP contribution is 2.08. The Kier molecular flexibility index (Phi) is 5.80. The van der Waals surface area contributed by atoms with Crippen LogP contribution in [0, 0.1) is 11.6 Å². The maximum absolute atomic E-state index is 13.2. The molecule has 0 heterocycles. The van der Waals surface area contributed by atoms with E-state index in [0.29, 0.717) is 31.9 Å². The van der Waals surface area contributed by atoms with Gasteiger partial charge in [-0.15, -0.1) is 0 Å². The van der Waals surface area contributed by atoms with Crippen LogP contribution in [0.4, 0.5) is 8.78 Å². The summed E-state index contributed by atoms with van der Waals surface area (Å²) in [4.78, 5) is 0. The molecule has 0 spiro atoms. The Balaban J connectivity index is 2.22. The van der Waals surface area contributed by atoms with E-state index in [4.69, 9.17) is 4.74 Å². The van der Waals surface area contributed by atoms with Crippen LogP contribution >= 0.6 is 0 Å². The molecule has 1 aromatic carbocycles. The zero-order valence-electron chi connectivity index (χ0n) is 9.93. The van der Waals surface area contributed by atoms with Gasteiger partial charge in [0.05, 0.1) is 13.2 Å². The topological polar surface area (TPSA) is 21.3 Å². The summed E-state index contributed by atoms with van der Waals surface area (Å²) in [5, 5.41) is 2.98. The van der Waals surface area contributed by atoms with E-state index in [1.807, 2.05) is 6.92 Å². The van der Waals surface area contributed by atoms with Crippen molar-refractivity contribution in [3.05, 3.63) is 47.5 Å². The smallest absolute Gasteiger partial charge is 0.127 e. The molecule has 0 fully saturated rings. The second-order valence-corrected chi connectivity index (χ2v) is 3.92. The number of ether oxygens (including phenoxy) is 1. The van der Waals surface area contributed by atoms with Crippen LogP contribution in [0.25, 0.3) is 0 Å². The molecule has 0 amide bonds. The minimum atomic E-state index is -0.429. The second kappa shape index (κ2) is 7.14. The van der Waals surface area contributed by atoms with Gasteiger partial charge in [0.15, 0.2) is 0 Å². The summed E-state index contributed by atoms with van der Waals surface area (Å²) >= 11 is 0. The van der Waals surface area contributed by atoms with Crippen LogP contribution in [0.5, 0.6) is 0 Å². The minimum absolute atomic E-state index is 0.292. The van der Waals surface area contributed by atoms with Crippen molar-refractivity contribution in [2.24, 2.45) is 0 Å². The monoisotopic (exact) mass is 241 g/mol. The lowest BCUT2D eigenvalue weighted by Gasteiger charge is -2.07. The summed E-state index contributed by atoms with van der Waals surface area (Å²) < 4.78 is 31.3. The molecule has 1 aromatic rings. The van der Waals surface area contributed by atoms with Crippen molar-refractivity contribution in [2.45, 2.75) is 13.5 Å². The first-order valence-electron chi connectivity index (χ1n) is 5.46. The predicted molar refractivity (Wildman–Crippen MR) is 63.7 cm³/mol. The summed E-state index contributed by atoms with van der Waals surface area (Å²) in [5.74, 6) is -0.830. The van der Waals surface area contributed by atoms with Gasteiger partial charge in [0.25, 0.3) is 0 Å². The fraction of sp³-hybridized carbons (Fsp3) is 0.385. The predicted octanol–water partition coefficient (Wildman–Crippen LogP) is 2.65. The van der Waals surface area contributed by atoms with Crippen LogP contribution in [-0.2, 0) is 11.3 Å². The van der Waals surface area contributed by atoms with Crippen molar-refractivity contribution < 1.29 is 13.5 Å². The Hall–Kier alpha value is -1.26. The Bertz CT molecular complexity index is 380. The van der Waals surface area contributed by atoms with Crippen LogP contribution < -0.4 is 5.32 Å². The Morgan fingerprint density at radius 3 is 2.88 bits per heavy atom. The van der Waals surface area contributed by atoms with E-state index in [9.17, 15) is 8.78 Å². The van der Waals surface area contributed by atoms with Gasteiger partial charge in [-0.3, -0.25) is 0 Å². The zero-order chi connectivity index (χ0) is 12.7. The van der Waals surface area contributed by atoms with E-state index in [2.05, 4.69) is 11.9 Å². The normalized spacial score (nSPS) is 10.5. The Morgan fingerprint density at radius 1 is 1.41 bits per heavy atom. The Morgan fingerprint density at radius 2 is 2.18 bits per heavy atom. The maximum Gasteiger partial charge on any atom is 0.127 e. The SMILES string of the molecule is C=C(C)COCCNCc1cc(F)ccc1F. The third-order valence-electron chi connectivity index (χ3n) is 2.09. The van der Waals surface area contributed by atoms with Gasteiger partial charge >= 0.3 is 0 Å². The van der Waals surface area contributed by atoms with Crippen LogP contribution in [0.15, 0.2) is 30.4 Å². The first-order chi connectivity index (χ1) is 8.09. The summed E-state index contributed by atoms with van der Waals surface area (Å²) in [5.41, 5.74) is 1.28. The minimum Gasteiger partial charge on any atom is -0.376 e. The van der Waals surface area contributed by atoms with Crippen molar-refractivity contribution in [1.29, 1.82) is 0 Å². The number of nitrogens with one attached hydrogen (secondary N) is 1. The molecule has 94 valence electrons. The summed E-state index contributed by atoms with van der Waals surface area (Å²) in [7, 11) is 0. The van der Waals surface area contributed by atoms with Gasteiger partial charge in [-0.05, 0) is 25.1 Å². The fourth-order valence-corrected chi connectivity index (χ4v) is 1.29. The van der Waals surface area contributed by atoms with Gasteiger partial charge < -0.3 is 10.1 Å². The lowest BCUT2D eigenvalue weighted by molar-refractivity contribution is 0.157. The maximum atomic E-state index is 13.2. The third-order valence-corrected chi connectivity index (χ3v) is 2.09. The molecule has 0 atom stereocenters. The number of hydrogen-bond acceptors (Lipinski definition) is 2. The van der Waals surface area contributed by atoms with E-state index >= 15 is 0 Å². The van der Waals surface area contributed by atoms with Crippen LogP contribution in [0.1, 0.15) is 12.5 Å². The van der Waals surface area contributed by atoms with Gasteiger partial charge in [-0.1, -0.05) is 12.2 Å². The number of benzene rings is 1. The molecule has 2 nitrogen and oxygen atoms in total. The van der Waals surface area contributed by atoms with E-state index in [1.165, 1.54) is 6.07 Å². The van der Waals surface area contributed by atoms with Gasteiger partial charge in [0, 0.05) is 18.7 Å². The molecular formula is C13H17F2NO. The Labute approximate surface area is 100 Å². The van der Waals surface area contributed by atoms with Crippen molar-refractivity contribution in [3.63, 3.8) is 0 Å². The summed E-state index contributed by atoms with van der Waals surface area (Å²) in [6.07, 6.45) is 0. The highest BCUT2D eigenvalue weighted by atomic mass is 19.1.